The van der Waals surface area contributed by atoms with E-state index in [1.165, 1.54) is 28.7 Å². The van der Waals surface area contributed by atoms with Crippen molar-refractivity contribution in [3.63, 3.8) is 0 Å². The summed E-state index contributed by atoms with van der Waals surface area (Å²) in [7, 11) is 0. The number of rotatable bonds is 7. The van der Waals surface area contributed by atoms with E-state index in [0.29, 0.717) is 36.1 Å². The summed E-state index contributed by atoms with van der Waals surface area (Å²) in [6.45, 7) is 13.6. The summed E-state index contributed by atoms with van der Waals surface area (Å²) >= 11 is 0. The minimum atomic E-state index is 0.0267. The lowest BCUT2D eigenvalue weighted by molar-refractivity contribution is 0.0690. The second-order valence-electron chi connectivity index (χ2n) is 13.1. The van der Waals surface area contributed by atoms with E-state index in [1.54, 1.807) is 24.3 Å². The van der Waals surface area contributed by atoms with Crippen molar-refractivity contribution in [3.05, 3.63) is 69.8 Å². The molecule has 6 nitrogen and oxygen atoms in total. The second kappa shape index (κ2) is 11.4. The smallest absolute Gasteiger partial charge is 0.254 e. The predicted molar refractivity (Wildman–Crippen MR) is 158 cm³/mol. The van der Waals surface area contributed by atoms with Crippen LogP contribution in [0.25, 0.3) is 0 Å². The van der Waals surface area contributed by atoms with Crippen molar-refractivity contribution >= 4 is 11.9 Å². The van der Waals surface area contributed by atoms with E-state index in [2.05, 4.69) is 57.8 Å². The van der Waals surface area contributed by atoms with Crippen molar-refractivity contribution in [1.29, 1.82) is 5.26 Å². The molecule has 1 saturated carbocycles. The Morgan fingerprint density at radius 1 is 0.974 bits per heavy atom. The van der Waals surface area contributed by atoms with Crippen molar-refractivity contribution in [2.24, 2.45) is 28.3 Å². The van der Waals surface area contributed by atoms with Gasteiger partial charge in [-0.05, 0) is 115 Å². The van der Waals surface area contributed by atoms with Gasteiger partial charge in [-0.15, -0.1) is 0 Å². The van der Waals surface area contributed by atoms with Crippen molar-refractivity contribution in [1.82, 2.24) is 4.90 Å². The number of nitriles is 1. The Kier molecular flexibility index (Phi) is 8.39. The zero-order valence-corrected chi connectivity index (χ0v) is 24.4. The van der Waals surface area contributed by atoms with Crippen LogP contribution < -0.4 is 11.5 Å². The van der Waals surface area contributed by atoms with Crippen LogP contribution in [0.4, 0.5) is 0 Å². The first kappa shape index (κ1) is 28.7. The Labute approximate surface area is 234 Å². The molecule has 2 aromatic rings. The maximum atomic E-state index is 13.9. The molecule has 0 saturated heterocycles. The topological polar surface area (TPSA) is 108 Å². The summed E-state index contributed by atoms with van der Waals surface area (Å²) in [4.78, 5) is 20.2. The minimum absolute atomic E-state index is 0.0267. The molecule has 2 aromatic carbocycles. The Morgan fingerprint density at radius 3 is 2.10 bits per heavy atom. The fourth-order valence-electron chi connectivity index (χ4n) is 6.37. The van der Waals surface area contributed by atoms with Gasteiger partial charge in [0.2, 0.25) is 0 Å². The number of benzene rings is 2. The quantitative estimate of drug-likeness (QED) is 0.343. The summed E-state index contributed by atoms with van der Waals surface area (Å²) in [6.07, 6.45) is 6.61. The first-order valence-electron chi connectivity index (χ1n) is 14.4. The van der Waals surface area contributed by atoms with Crippen molar-refractivity contribution < 1.29 is 4.79 Å². The number of hydrogen-bond donors (Lipinski definition) is 2. The Balaban J connectivity index is 1.60. The number of nitrogens with two attached hydrogens (primary N) is 2. The summed E-state index contributed by atoms with van der Waals surface area (Å²) in [5.41, 5.74) is 17.9. The lowest BCUT2D eigenvalue weighted by Crippen LogP contribution is -2.37. The predicted octanol–water partition coefficient (Wildman–Crippen LogP) is 5.94. The Morgan fingerprint density at radius 2 is 1.54 bits per heavy atom. The standard InChI is InChI=1S/C33H45N5O/c1-22-16-28-29(33(4,5)15-14-32(28,2)3)17-27(22)21-38(30(39)26-12-10-23(18-34)11-13-26)20-25-8-6-24(7-9-25)19-37-31(35)36/h10-13,16-17,24-25H,6-9,14-15,19-21H2,1-5H3,(H4,35,36,37). The molecule has 0 atom stereocenters. The molecule has 1 amide bonds. The average Bonchev–Trinajstić information content (AvgIpc) is 2.91. The van der Waals surface area contributed by atoms with Crippen molar-refractivity contribution in [2.45, 2.75) is 90.5 Å². The van der Waals surface area contributed by atoms with Gasteiger partial charge in [0.15, 0.2) is 5.96 Å². The summed E-state index contributed by atoms with van der Waals surface area (Å²) in [5.74, 6) is 1.12. The summed E-state index contributed by atoms with van der Waals surface area (Å²) < 4.78 is 0. The summed E-state index contributed by atoms with van der Waals surface area (Å²) in [6, 6.07) is 13.9. The van der Waals surface area contributed by atoms with Crippen LogP contribution in [0.3, 0.4) is 0 Å². The molecule has 0 aromatic heterocycles. The van der Waals surface area contributed by atoms with Crippen LogP contribution in [-0.2, 0) is 17.4 Å². The normalized spacial score (nSPS) is 21.3. The van der Waals surface area contributed by atoms with E-state index >= 15 is 0 Å². The molecular formula is C33H45N5O. The summed E-state index contributed by atoms with van der Waals surface area (Å²) in [5, 5.41) is 9.22. The van der Waals surface area contributed by atoms with Crippen LogP contribution in [0.15, 0.2) is 41.4 Å². The molecule has 0 heterocycles. The van der Waals surface area contributed by atoms with E-state index in [1.807, 2.05) is 4.90 Å². The molecule has 2 aliphatic carbocycles. The van der Waals surface area contributed by atoms with Gasteiger partial charge in [0, 0.05) is 25.2 Å². The molecule has 0 aliphatic heterocycles. The number of fused-ring (bicyclic) bond motifs is 1. The van der Waals surface area contributed by atoms with Crippen LogP contribution in [0.5, 0.6) is 0 Å². The molecule has 0 spiro atoms. The zero-order chi connectivity index (χ0) is 28.4. The van der Waals surface area contributed by atoms with E-state index in [-0.39, 0.29) is 22.7 Å². The van der Waals surface area contributed by atoms with Gasteiger partial charge < -0.3 is 16.4 Å². The van der Waals surface area contributed by atoms with E-state index in [9.17, 15) is 10.1 Å². The van der Waals surface area contributed by atoms with E-state index in [0.717, 1.165) is 38.6 Å². The van der Waals surface area contributed by atoms with Gasteiger partial charge in [-0.1, -0.05) is 39.8 Å². The second-order valence-corrected chi connectivity index (χ2v) is 13.1. The third-order valence-electron chi connectivity index (χ3n) is 9.20. The largest absolute Gasteiger partial charge is 0.370 e. The van der Waals surface area contributed by atoms with Gasteiger partial charge >= 0.3 is 0 Å². The molecular weight excluding hydrogens is 482 g/mol. The van der Waals surface area contributed by atoms with Crippen LogP contribution in [-0.4, -0.2) is 29.9 Å². The maximum Gasteiger partial charge on any atom is 0.254 e. The highest BCUT2D eigenvalue weighted by Gasteiger charge is 2.37. The molecule has 0 radical (unpaired) electrons. The van der Waals surface area contributed by atoms with Crippen LogP contribution in [0.2, 0.25) is 0 Å². The molecule has 0 unspecified atom stereocenters. The van der Waals surface area contributed by atoms with Gasteiger partial charge in [0.1, 0.15) is 0 Å². The number of hydrogen-bond acceptors (Lipinski definition) is 3. The minimum Gasteiger partial charge on any atom is -0.370 e. The molecule has 4 rings (SSSR count). The molecule has 208 valence electrons. The van der Waals surface area contributed by atoms with E-state index in [4.69, 9.17) is 11.5 Å². The highest BCUT2D eigenvalue weighted by atomic mass is 16.2. The van der Waals surface area contributed by atoms with Gasteiger partial charge in [-0.2, -0.15) is 5.26 Å². The number of nitrogens with zero attached hydrogens (tertiary/aromatic N) is 3. The molecule has 1 fully saturated rings. The molecule has 4 N–H and O–H groups in total. The number of aliphatic imine (C=N–C) groups is 1. The van der Waals surface area contributed by atoms with Crippen molar-refractivity contribution in [2.75, 3.05) is 13.1 Å². The van der Waals surface area contributed by atoms with Crippen molar-refractivity contribution in [3.8, 4) is 6.07 Å². The van der Waals surface area contributed by atoms with Crippen LogP contribution in [0, 0.1) is 30.1 Å². The maximum absolute atomic E-state index is 13.9. The van der Waals surface area contributed by atoms with Gasteiger partial charge in [0.05, 0.1) is 11.6 Å². The first-order chi connectivity index (χ1) is 18.4. The van der Waals surface area contributed by atoms with Crippen LogP contribution in [0.1, 0.15) is 104 Å². The fourth-order valence-corrected chi connectivity index (χ4v) is 6.37. The lowest BCUT2D eigenvalue weighted by atomic mass is 9.62. The first-order valence-corrected chi connectivity index (χ1v) is 14.4. The Hall–Kier alpha value is -3.33. The number of guanidine groups is 1. The van der Waals surface area contributed by atoms with Gasteiger partial charge in [-0.25, -0.2) is 0 Å². The highest BCUT2D eigenvalue weighted by Crippen LogP contribution is 2.46. The van der Waals surface area contributed by atoms with E-state index < -0.39 is 0 Å². The van der Waals surface area contributed by atoms with Gasteiger partial charge in [0.25, 0.3) is 5.91 Å². The number of amides is 1. The van der Waals surface area contributed by atoms with Crippen LogP contribution >= 0.6 is 0 Å². The third-order valence-corrected chi connectivity index (χ3v) is 9.20. The fraction of sp³-hybridized carbons (Fsp3) is 0.545. The lowest BCUT2D eigenvalue weighted by Gasteiger charge is -2.42. The SMILES string of the molecule is Cc1cc2c(cc1CN(CC1CCC(CN=C(N)N)CC1)C(=O)c1ccc(C#N)cc1)C(C)(C)CCC2(C)C. The van der Waals surface area contributed by atoms with Gasteiger partial charge in [-0.3, -0.25) is 9.79 Å². The number of carbonyl (C=O) groups excluding carboxylic acids is 1. The zero-order valence-electron chi connectivity index (χ0n) is 24.4. The monoisotopic (exact) mass is 527 g/mol. The Bertz CT molecular complexity index is 1260. The molecule has 2 aliphatic rings. The molecule has 6 heteroatoms. The molecule has 39 heavy (non-hydrogen) atoms. The molecule has 0 bridgehead atoms. The number of aryl methyl sites for hydroxylation is 1. The number of carbonyl (C=O) groups is 1. The third kappa shape index (κ3) is 6.64. The average molecular weight is 528 g/mol. The highest BCUT2D eigenvalue weighted by molar-refractivity contribution is 5.94.